The summed E-state index contributed by atoms with van der Waals surface area (Å²) in [6.45, 7) is 6.65. The van der Waals surface area contributed by atoms with Crippen LogP contribution in [0.3, 0.4) is 0 Å². The molecular weight excluding hydrogens is 480 g/mol. The molecule has 2 aromatic heterocycles. The molecule has 0 bridgehead atoms. The van der Waals surface area contributed by atoms with Crippen molar-refractivity contribution in [1.82, 2.24) is 24.8 Å². The highest BCUT2D eigenvalue weighted by Crippen LogP contribution is 2.16. The number of aromatic nitrogens is 4. The summed E-state index contributed by atoms with van der Waals surface area (Å²) in [4.78, 5) is 28.9. The molecule has 0 aliphatic carbocycles. The fourth-order valence-corrected chi connectivity index (χ4v) is 3.70. The summed E-state index contributed by atoms with van der Waals surface area (Å²) in [5.41, 5.74) is 9.28. The number of carbonyl (C=O) groups is 1. The topological polar surface area (TPSA) is 196 Å². The highest BCUT2D eigenvalue weighted by molar-refractivity contribution is 5.76. The minimum atomic E-state index is -0.978. The number of fused-ring (bicyclic) bond motifs is 1. The van der Waals surface area contributed by atoms with Crippen LogP contribution in [0.4, 0.5) is 0 Å². The number of nitrogens with one attached hydrogen (secondary N) is 2. The normalized spacial score (nSPS) is 11.5. The first kappa shape index (κ1) is 29.3. The smallest absolute Gasteiger partial charge is 0.333 e. The molecule has 0 aliphatic heterocycles. The molecule has 0 saturated heterocycles. The zero-order chi connectivity index (χ0) is 27.5. The van der Waals surface area contributed by atoms with Crippen molar-refractivity contribution in [3.8, 4) is 5.75 Å². The Kier molecular flexibility index (Phi) is 11.0. The fourth-order valence-electron chi connectivity index (χ4n) is 3.70. The first-order valence-corrected chi connectivity index (χ1v) is 11.9. The van der Waals surface area contributed by atoms with Gasteiger partial charge in [0.15, 0.2) is 17.6 Å². The Morgan fingerprint density at radius 3 is 2.46 bits per heavy atom. The van der Waals surface area contributed by atoms with Crippen LogP contribution >= 0.6 is 0 Å². The molecule has 0 aliphatic rings. The van der Waals surface area contributed by atoms with Crippen molar-refractivity contribution in [3.05, 3.63) is 51.7 Å². The van der Waals surface area contributed by atoms with E-state index in [-0.39, 0.29) is 17.9 Å². The molecule has 13 nitrogen and oxygen atoms in total. The van der Waals surface area contributed by atoms with Gasteiger partial charge in [-0.3, -0.25) is 24.9 Å². The van der Waals surface area contributed by atoms with Crippen LogP contribution in [0.25, 0.3) is 11.0 Å². The summed E-state index contributed by atoms with van der Waals surface area (Å²) in [6.07, 6.45) is 1.14. The number of benzene rings is 1. The number of carboxylic acids is 1. The van der Waals surface area contributed by atoms with Crippen molar-refractivity contribution in [2.24, 2.45) is 18.6 Å². The Labute approximate surface area is 214 Å². The standard InChI is InChI=1S/C23H30N4O5.CH6N4/c1-5-7-18-20-21(26(4)25-18)22(28)27(15(3)24-20)12-13-32-17-10-8-16(9-11-17)14-19(23(29)30)31-6-2;2-1(3)5-4/h8-11,19H,5-7,12-14H2,1-4H3,(H,29,30);4H2,(H4,2,3,5). The predicted octanol–water partition coefficient (Wildman–Crippen LogP) is 0.845. The Balaban J connectivity index is 0.000000877. The summed E-state index contributed by atoms with van der Waals surface area (Å²) in [7, 11) is 1.77. The van der Waals surface area contributed by atoms with Crippen molar-refractivity contribution in [3.63, 3.8) is 0 Å². The molecule has 7 N–H and O–H groups in total. The van der Waals surface area contributed by atoms with Crippen molar-refractivity contribution in [2.45, 2.75) is 52.7 Å². The molecule has 3 rings (SSSR count). The first-order valence-electron chi connectivity index (χ1n) is 11.9. The molecule has 0 spiro atoms. The maximum absolute atomic E-state index is 13.0. The van der Waals surface area contributed by atoms with E-state index in [0.717, 1.165) is 24.1 Å². The minimum Gasteiger partial charge on any atom is -0.492 e. The Morgan fingerprint density at radius 1 is 1.27 bits per heavy atom. The number of carboxylic acid groups (broad SMARTS) is 1. The van der Waals surface area contributed by atoms with Crippen LogP contribution in [-0.4, -0.2) is 55.7 Å². The maximum Gasteiger partial charge on any atom is 0.333 e. The second-order valence-electron chi connectivity index (χ2n) is 8.17. The van der Waals surface area contributed by atoms with Gasteiger partial charge in [0.05, 0.1) is 12.2 Å². The van der Waals surface area contributed by atoms with Crippen molar-refractivity contribution in [2.75, 3.05) is 13.2 Å². The Hall–Kier alpha value is -3.97. The number of rotatable bonds is 11. The van der Waals surface area contributed by atoms with Crippen molar-refractivity contribution < 1.29 is 19.4 Å². The van der Waals surface area contributed by atoms with Crippen LogP contribution < -0.4 is 27.3 Å². The number of aliphatic carboxylic acids is 1. The molecule has 37 heavy (non-hydrogen) atoms. The number of hydrogen-bond donors (Lipinski definition) is 5. The van der Waals surface area contributed by atoms with Gasteiger partial charge < -0.3 is 20.3 Å². The van der Waals surface area contributed by atoms with Crippen LogP contribution in [0.1, 0.15) is 37.4 Å². The molecule has 0 saturated carbocycles. The second-order valence-corrected chi connectivity index (χ2v) is 8.17. The number of nitrogens with zero attached hydrogens (tertiary/aromatic N) is 4. The quantitative estimate of drug-likeness (QED) is 0.105. The maximum atomic E-state index is 13.0. The average Bonchev–Trinajstić information content (AvgIpc) is 3.17. The lowest BCUT2D eigenvalue weighted by atomic mass is 10.1. The lowest BCUT2D eigenvalue weighted by Gasteiger charge is -2.13. The number of nitrogens with two attached hydrogens (primary N) is 2. The van der Waals surface area contributed by atoms with E-state index in [4.69, 9.17) is 14.9 Å². The van der Waals surface area contributed by atoms with Crippen molar-refractivity contribution in [1.29, 1.82) is 5.41 Å². The molecule has 3 aromatic rings. The van der Waals surface area contributed by atoms with E-state index >= 15 is 0 Å². The van der Waals surface area contributed by atoms with E-state index in [1.807, 2.05) is 24.5 Å². The Bertz CT molecular complexity index is 1250. The molecule has 0 fully saturated rings. The van der Waals surface area contributed by atoms with Crippen LogP contribution in [-0.2, 0) is 36.0 Å². The van der Waals surface area contributed by atoms with E-state index in [1.54, 1.807) is 35.4 Å². The van der Waals surface area contributed by atoms with E-state index in [9.17, 15) is 14.7 Å². The van der Waals surface area contributed by atoms with Gasteiger partial charge in [-0.2, -0.15) is 5.10 Å². The summed E-state index contributed by atoms with van der Waals surface area (Å²) in [5, 5.41) is 20.0. The highest BCUT2D eigenvalue weighted by Gasteiger charge is 2.18. The molecule has 1 aromatic carbocycles. The number of aryl methyl sites for hydroxylation is 3. The molecule has 1 unspecified atom stereocenters. The van der Waals surface area contributed by atoms with Gasteiger partial charge in [0.1, 0.15) is 23.7 Å². The molecular formula is C24H36N8O5. The third-order valence-electron chi connectivity index (χ3n) is 5.42. The number of hydrazine groups is 1. The van der Waals surface area contributed by atoms with Crippen LogP contribution in [0.5, 0.6) is 5.75 Å². The average molecular weight is 517 g/mol. The molecule has 2 heterocycles. The molecule has 0 amide bonds. The van der Waals surface area contributed by atoms with Gasteiger partial charge in [-0.05, 0) is 38.0 Å². The lowest BCUT2D eigenvalue weighted by molar-refractivity contribution is -0.149. The lowest BCUT2D eigenvalue weighted by Crippen LogP contribution is -2.35. The molecule has 1 atom stereocenters. The monoisotopic (exact) mass is 516 g/mol. The predicted molar refractivity (Wildman–Crippen MR) is 139 cm³/mol. The van der Waals surface area contributed by atoms with E-state index in [1.165, 1.54) is 0 Å². The number of guanidine groups is 1. The second kappa shape index (κ2) is 13.9. The van der Waals surface area contributed by atoms with Gasteiger partial charge in [-0.25, -0.2) is 15.6 Å². The zero-order valence-corrected chi connectivity index (χ0v) is 21.7. The minimum absolute atomic E-state index is 0.126. The highest BCUT2D eigenvalue weighted by atomic mass is 16.5. The van der Waals surface area contributed by atoms with E-state index in [2.05, 4.69) is 28.6 Å². The van der Waals surface area contributed by atoms with Gasteiger partial charge >= 0.3 is 5.97 Å². The van der Waals surface area contributed by atoms with Gasteiger partial charge in [0.2, 0.25) is 0 Å². The number of ether oxygens (including phenoxy) is 2. The fraction of sp³-hybridized carbons (Fsp3) is 0.458. The van der Waals surface area contributed by atoms with E-state index < -0.39 is 12.1 Å². The first-order chi connectivity index (χ1) is 17.6. The summed E-state index contributed by atoms with van der Waals surface area (Å²) in [5.74, 6) is 4.64. The molecule has 0 radical (unpaired) electrons. The van der Waals surface area contributed by atoms with Gasteiger partial charge in [-0.15, -0.1) is 0 Å². The van der Waals surface area contributed by atoms with Gasteiger partial charge in [-0.1, -0.05) is 25.5 Å². The largest absolute Gasteiger partial charge is 0.492 e. The SMILES string of the molecule is CCCc1nn(C)c2c(=O)n(CCOc3ccc(CC(OCC)C(=O)O)cc3)c(C)nc12.N=C(N)NN. The molecule has 13 heteroatoms. The van der Waals surface area contributed by atoms with Crippen LogP contribution in [0.2, 0.25) is 0 Å². The summed E-state index contributed by atoms with van der Waals surface area (Å²) in [6, 6.07) is 7.21. The molecule has 202 valence electrons. The summed E-state index contributed by atoms with van der Waals surface area (Å²) < 4.78 is 14.3. The van der Waals surface area contributed by atoms with Crippen LogP contribution in [0.15, 0.2) is 29.1 Å². The van der Waals surface area contributed by atoms with Gasteiger partial charge in [0, 0.05) is 20.1 Å². The third-order valence-corrected chi connectivity index (χ3v) is 5.42. The van der Waals surface area contributed by atoms with Crippen molar-refractivity contribution >= 4 is 23.0 Å². The Morgan fingerprint density at radius 2 is 1.92 bits per heavy atom. The third kappa shape index (κ3) is 8.02. The number of hydrogen-bond acceptors (Lipinski definition) is 8. The van der Waals surface area contributed by atoms with Crippen LogP contribution in [0, 0.1) is 12.3 Å². The summed E-state index contributed by atoms with van der Waals surface area (Å²) >= 11 is 0. The van der Waals surface area contributed by atoms with E-state index in [0.29, 0.717) is 42.4 Å². The zero-order valence-electron chi connectivity index (χ0n) is 21.7. The van der Waals surface area contributed by atoms with Gasteiger partial charge in [0.25, 0.3) is 5.56 Å².